The molecular weight excluding hydrogens is 661 g/mol. The number of rotatable bonds is 37. The van der Waals surface area contributed by atoms with Gasteiger partial charge < -0.3 is 18.9 Å². The van der Waals surface area contributed by atoms with Crippen molar-refractivity contribution in [3.8, 4) is 0 Å². The van der Waals surface area contributed by atoms with Crippen molar-refractivity contribution in [3.05, 3.63) is 48.6 Å². The molecule has 0 heterocycles. The highest BCUT2D eigenvalue weighted by atomic mass is 31.2. The third kappa shape index (κ3) is 39.5. The number of carbonyl (C=O) groups is 1. The molecule has 8 nitrogen and oxygen atoms in total. The number of phosphoric ester groups is 1. The van der Waals surface area contributed by atoms with Crippen molar-refractivity contribution in [2.45, 2.75) is 161 Å². The molecule has 0 saturated heterocycles. The van der Waals surface area contributed by atoms with Crippen molar-refractivity contribution >= 4 is 13.8 Å². The molecule has 0 amide bonds. The summed E-state index contributed by atoms with van der Waals surface area (Å²) in [5.41, 5.74) is 0. The zero-order chi connectivity index (χ0) is 37.7. The van der Waals surface area contributed by atoms with Gasteiger partial charge in [0, 0.05) is 13.0 Å². The van der Waals surface area contributed by atoms with Gasteiger partial charge in [0.15, 0.2) is 0 Å². The van der Waals surface area contributed by atoms with Gasteiger partial charge in [0.05, 0.1) is 34.4 Å². The molecule has 51 heavy (non-hydrogen) atoms. The van der Waals surface area contributed by atoms with E-state index in [-0.39, 0.29) is 25.8 Å². The summed E-state index contributed by atoms with van der Waals surface area (Å²) < 4.78 is 34.9. The minimum atomic E-state index is -4.28. The van der Waals surface area contributed by atoms with Crippen LogP contribution in [0.5, 0.6) is 0 Å². The highest BCUT2D eigenvalue weighted by Gasteiger charge is 2.26. The lowest BCUT2D eigenvalue weighted by Gasteiger charge is -2.24. The molecule has 0 fully saturated rings. The summed E-state index contributed by atoms with van der Waals surface area (Å²) >= 11 is 0. The van der Waals surface area contributed by atoms with Crippen LogP contribution >= 0.6 is 7.82 Å². The van der Waals surface area contributed by atoms with E-state index in [9.17, 15) is 14.3 Å². The van der Waals surface area contributed by atoms with Crippen LogP contribution in [0.25, 0.3) is 0 Å². The van der Waals surface area contributed by atoms with Crippen LogP contribution < -0.4 is 0 Å². The maximum Gasteiger partial charge on any atom is 0.472 e. The SMILES string of the molecule is CCC/C=C\C/C=C\CCCCCCCCOCC(COP(=O)(O)OCC[N+](C)(C)C)OC(=O)CCCCCCC/C=C\C/C=C\CCCCC. The van der Waals surface area contributed by atoms with Gasteiger partial charge in [0.25, 0.3) is 0 Å². The summed E-state index contributed by atoms with van der Waals surface area (Å²) in [6.07, 6.45) is 41.3. The molecule has 0 aromatic carbocycles. The van der Waals surface area contributed by atoms with Crippen LogP contribution in [0.3, 0.4) is 0 Å². The van der Waals surface area contributed by atoms with E-state index in [0.29, 0.717) is 24.1 Å². The van der Waals surface area contributed by atoms with E-state index in [2.05, 4.69) is 62.5 Å². The lowest BCUT2D eigenvalue weighted by atomic mass is 10.1. The molecule has 0 saturated carbocycles. The van der Waals surface area contributed by atoms with Crippen LogP contribution in [0.2, 0.25) is 0 Å². The number of nitrogens with zero attached hydrogens (tertiary/aromatic N) is 1. The van der Waals surface area contributed by atoms with E-state index in [0.717, 1.165) is 70.6 Å². The molecule has 0 spiro atoms. The molecule has 0 aromatic heterocycles. The summed E-state index contributed by atoms with van der Waals surface area (Å²) in [6, 6.07) is 0. The molecule has 0 radical (unpaired) electrons. The molecule has 1 N–H and O–H groups in total. The Kier molecular flexibility index (Phi) is 34.4. The highest BCUT2D eigenvalue weighted by Crippen LogP contribution is 2.43. The second-order valence-electron chi connectivity index (χ2n) is 14.7. The van der Waals surface area contributed by atoms with Crippen LogP contribution in [0.1, 0.15) is 155 Å². The summed E-state index contributed by atoms with van der Waals surface area (Å²) in [4.78, 5) is 22.8. The zero-order valence-electron chi connectivity index (χ0n) is 33.6. The summed E-state index contributed by atoms with van der Waals surface area (Å²) in [5.74, 6) is -0.334. The average molecular weight is 741 g/mol. The van der Waals surface area contributed by atoms with Gasteiger partial charge in [0.2, 0.25) is 0 Å². The molecule has 298 valence electrons. The molecule has 9 heteroatoms. The molecule has 0 bridgehead atoms. The molecule has 0 aliphatic carbocycles. The number of unbranched alkanes of at least 4 members (excludes halogenated alkanes) is 15. The van der Waals surface area contributed by atoms with Crippen molar-refractivity contribution in [2.75, 3.05) is 54.1 Å². The Balaban J connectivity index is 4.33. The quantitative estimate of drug-likeness (QED) is 0.0223. The molecule has 0 rings (SSSR count). The third-order valence-corrected chi connectivity index (χ3v) is 9.33. The number of quaternary nitrogens is 1. The molecule has 0 aromatic rings. The largest absolute Gasteiger partial charge is 0.472 e. The van der Waals surface area contributed by atoms with Crippen LogP contribution in [-0.4, -0.2) is 75.6 Å². The number of hydrogen-bond donors (Lipinski definition) is 1. The number of likely N-dealkylation sites (N-methyl/N-ethyl adjacent to an activating group) is 1. The predicted molar refractivity (Wildman–Crippen MR) is 215 cm³/mol. The Morgan fingerprint density at radius 2 is 1.12 bits per heavy atom. The van der Waals surface area contributed by atoms with Crippen LogP contribution in [0.15, 0.2) is 48.6 Å². The topological polar surface area (TPSA) is 91.3 Å². The maximum atomic E-state index is 12.6. The molecule has 2 atom stereocenters. The second-order valence-corrected chi connectivity index (χ2v) is 16.1. The maximum absolute atomic E-state index is 12.6. The van der Waals surface area contributed by atoms with E-state index in [1.165, 1.54) is 64.2 Å². The zero-order valence-corrected chi connectivity index (χ0v) is 34.5. The highest BCUT2D eigenvalue weighted by molar-refractivity contribution is 7.47. The predicted octanol–water partition coefficient (Wildman–Crippen LogP) is 11.6. The van der Waals surface area contributed by atoms with Gasteiger partial charge in [-0.05, 0) is 70.6 Å². The minimum Gasteiger partial charge on any atom is -0.457 e. The first kappa shape index (κ1) is 49.5. The van der Waals surface area contributed by atoms with Gasteiger partial charge in [-0.15, -0.1) is 0 Å². The van der Waals surface area contributed by atoms with Crippen molar-refractivity contribution in [1.82, 2.24) is 0 Å². The lowest BCUT2D eigenvalue weighted by Crippen LogP contribution is -2.37. The monoisotopic (exact) mass is 741 g/mol. The van der Waals surface area contributed by atoms with Crippen LogP contribution in [0.4, 0.5) is 0 Å². The van der Waals surface area contributed by atoms with Crippen LogP contribution in [-0.2, 0) is 27.9 Å². The number of allylic oxidation sites excluding steroid dienone is 8. The number of hydrogen-bond acceptors (Lipinski definition) is 6. The minimum absolute atomic E-state index is 0.0818. The first-order valence-corrected chi connectivity index (χ1v) is 21.9. The van der Waals surface area contributed by atoms with E-state index < -0.39 is 13.9 Å². The van der Waals surface area contributed by atoms with Gasteiger partial charge in [-0.1, -0.05) is 127 Å². The summed E-state index contributed by atoms with van der Waals surface area (Å²) in [7, 11) is 1.64. The fourth-order valence-corrected chi connectivity index (χ4v) is 5.89. The van der Waals surface area contributed by atoms with Crippen LogP contribution in [0, 0.1) is 0 Å². The van der Waals surface area contributed by atoms with E-state index in [4.69, 9.17) is 18.5 Å². The standard InChI is InChI=1S/C42H78NO7P/c1-6-8-10-12-14-16-18-20-22-23-25-27-29-31-33-35-42(44)50-41(40-49-51(45,46)48-38-36-43(3,4)5)39-47-37-34-32-30-28-26-24-21-19-17-15-13-11-9-7-2/h11,13-14,16-17,19-20,22,41H,6-10,12,15,18,21,23-40H2,1-5H3/p+1/b13-11-,16-14-,19-17-,22-20-. The van der Waals surface area contributed by atoms with Gasteiger partial charge in [-0.25, -0.2) is 4.57 Å². The van der Waals surface area contributed by atoms with E-state index >= 15 is 0 Å². The Hall–Kier alpha value is -1.54. The van der Waals surface area contributed by atoms with Crippen molar-refractivity contribution < 1.29 is 37.3 Å². The smallest absolute Gasteiger partial charge is 0.457 e. The first-order chi connectivity index (χ1) is 24.6. The molecule has 0 aliphatic heterocycles. The summed E-state index contributed by atoms with van der Waals surface area (Å²) in [6.45, 7) is 5.47. The Labute approximate surface area is 314 Å². The van der Waals surface area contributed by atoms with E-state index in [1.807, 2.05) is 21.1 Å². The normalized spacial score (nSPS) is 14.4. The first-order valence-electron chi connectivity index (χ1n) is 20.4. The van der Waals surface area contributed by atoms with Gasteiger partial charge in [0.1, 0.15) is 19.3 Å². The molecular formula is C42H79NO7P+. The van der Waals surface area contributed by atoms with E-state index in [1.54, 1.807) is 0 Å². The number of phosphoric acid groups is 1. The van der Waals surface area contributed by atoms with Gasteiger partial charge in [-0.2, -0.15) is 0 Å². The number of carbonyl (C=O) groups excluding carboxylic acids is 1. The lowest BCUT2D eigenvalue weighted by molar-refractivity contribution is -0.870. The summed E-state index contributed by atoms with van der Waals surface area (Å²) in [5, 5.41) is 0. The number of esters is 1. The second kappa shape index (κ2) is 35.5. The Morgan fingerprint density at radius 1 is 0.608 bits per heavy atom. The molecule has 0 aliphatic rings. The van der Waals surface area contributed by atoms with Gasteiger partial charge in [-0.3, -0.25) is 13.8 Å². The number of ether oxygens (including phenoxy) is 2. The fraction of sp³-hybridized carbons (Fsp3) is 0.786. The van der Waals surface area contributed by atoms with Gasteiger partial charge >= 0.3 is 13.8 Å². The third-order valence-electron chi connectivity index (χ3n) is 8.34. The Morgan fingerprint density at radius 3 is 1.67 bits per heavy atom. The fourth-order valence-electron chi connectivity index (χ4n) is 5.15. The van der Waals surface area contributed by atoms with Crippen molar-refractivity contribution in [1.29, 1.82) is 0 Å². The Bertz CT molecular complexity index is 957. The average Bonchev–Trinajstić information content (AvgIpc) is 3.08. The van der Waals surface area contributed by atoms with Crippen molar-refractivity contribution in [2.24, 2.45) is 0 Å². The van der Waals surface area contributed by atoms with Crippen molar-refractivity contribution in [3.63, 3.8) is 0 Å². The molecule has 2 unspecified atom stereocenters.